The van der Waals surface area contributed by atoms with Gasteiger partial charge in [-0.1, -0.05) is 6.07 Å². The number of carboxylic acids is 1. The molecule has 0 spiro atoms. The summed E-state index contributed by atoms with van der Waals surface area (Å²) in [7, 11) is 0. The summed E-state index contributed by atoms with van der Waals surface area (Å²) in [4.78, 5) is 24.0. The lowest BCUT2D eigenvalue weighted by molar-refractivity contribution is 0.0683. The molecule has 1 aromatic heterocycles. The van der Waals surface area contributed by atoms with Crippen LogP contribution in [0, 0.1) is 0 Å². The number of aromatic amines is 1. The van der Waals surface area contributed by atoms with Crippen molar-refractivity contribution in [3.8, 4) is 11.4 Å². The minimum Gasteiger partial charge on any atom is -0.508 e. The minimum absolute atomic E-state index is 0.0377. The number of nitrogens with one attached hydrogen (secondary N) is 1. The number of phenolic OH excluding ortho intramolecular Hbond substituents is 1. The van der Waals surface area contributed by atoms with E-state index in [9.17, 15) is 14.7 Å². The molecule has 1 heterocycles. The molecule has 0 aliphatic carbocycles. The maximum absolute atomic E-state index is 11.4. The summed E-state index contributed by atoms with van der Waals surface area (Å²) in [5, 5.41) is 21.4. The van der Waals surface area contributed by atoms with Crippen molar-refractivity contribution in [2.75, 3.05) is 0 Å². The average molecular weight is 221 g/mol. The number of aromatic carboxylic acids is 1. The molecule has 2 rings (SSSR count). The Morgan fingerprint density at radius 2 is 2.19 bits per heavy atom. The number of rotatable bonds is 2. The molecule has 0 bridgehead atoms. The highest BCUT2D eigenvalue weighted by atomic mass is 16.4. The van der Waals surface area contributed by atoms with E-state index in [0.717, 1.165) is 4.68 Å². The van der Waals surface area contributed by atoms with Gasteiger partial charge >= 0.3 is 11.7 Å². The van der Waals surface area contributed by atoms with Crippen LogP contribution in [-0.2, 0) is 0 Å². The predicted octanol–water partition coefficient (Wildman–Crippen LogP) is -0.0356. The van der Waals surface area contributed by atoms with E-state index in [1.807, 2.05) is 0 Å². The van der Waals surface area contributed by atoms with Gasteiger partial charge in [0.05, 0.1) is 5.69 Å². The van der Waals surface area contributed by atoms with E-state index in [-0.39, 0.29) is 11.4 Å². The molecule has 0 aliphatic rings. The Labute approximate surface area is 88.6 Å². The van der Waals surface area contributed by atoms with E-state index in [2.05, 4.69) is 10.1 Å². The number of hydrogen-bond acceptors (Lipinski definition) is 4. The zero-order valence-corrected chi connectivity index (χ0v) is 7.91. The van der Waals surface area contributed by atoms with Gasteiger partial charge in [0.25, 0.3) is 0 Å². The third-order valence-corrected chi connectivity index (χ3v) is 1.89. The molecule has 0 atom stereocenters. The Balaban J connectivity index is 2.56. The van der Waals surface area contributed by atoms with Crippen molar-refractivity contribution in [3.63, 3.8) is 0 Å². The second-order valence-electron chi connectivity index (χ2n) is 3.02. The molecule has 0 fully saturated rings. The van der Waals surface area contributed by atoms with Crippen molar-refractivity contribution >= 4 is 5.97 Å². The van der Waals surface area contributed by atoms with Crippen molar-refractivity contribution < 1.29 is 15.0 Å². The summed E-state index contributed by atoms with van der Waals surface area (Å²) in [6.45, 7) is 0. The second kappa shape index (κ2) is 3.54. The molecule has 0 radical (unpaired) electrons. The Morgan fingerprint density at radius 1 is 1.44 bits per heavy atom. The molecule has 3 N–H and O–H groups in total. The van der Waals surface area contributed by atoms with Crippen molar-refractivity contribution in [1.82, 2.24) is 14.8 Å². The van der Waals surface area contributed by atoms with Gasteiger partial charge in [-0.05, 0) is 12.1 Å². The van der Waals surface area contributed by atoms with Crippen molar-refractivity contribution in [1.29, 1.82) is 0 Å². The first-order valence-corrected chi connectivity index (χ1v) is 4.30. The van der Waals surface area contributed by atoms with Gasteiger partial charge in [-0.2, -0.15) is 4.68 Å². The topological polar surface area (TPSA) is 108 Å². The fraction of sp³-hybridized carbons (Fsp3) is 0. The van der Waals surface area contributed by atoms with Crippen molar-refractivity contribution in [2.45, 2.75) is 0 Å². The smallest absolute Gasteiger partial charge is 0.373 e. The molecule has 1 aromatic carbocycles. The number of H-pyrrole nitrogens is 1. The number of carbonyl (C=O) groups is 1. The Morgan fingerprint density at radius 3 is 2.75 bits per heavy atom. The number of carboxylic acid groups (broad SMARTS) is 1. The molecular formula is C9H7N3O4. The Kier molecular flexibility index (Phi) is 2.20. The molecule has 0 saturated heterocycles. The molecule has 0 amide bonds. The third-order valence-electron chi connectivity index (χ3n) is 1.89. The van der Waals surface area contributed by atoms with Gasteiger partial charge in [-0.3, -0.25) is 4.98 Å². The highest BCUT2D eigenvalue weighted by Crippen LogP contribution is 2.12. The molecule has 7 nitrogen and oxygen atoms in total. The molecule has 0 aliphatic heterocycles. The van der Waals surface area contributed by atoms with Gasteiger partial charge in [0, 0.05) is 6.07 Å². The lowest BCUT2D eigenvalue weighted by atomic mass is 10.3. The normalized spacial score (nSPS) is 10.2. The number of nitrogens with zero attached hydrogens (tertiary/aromatic N) is 2. The fourth-order valence-electron chi connectivity index (χ4n) is 1.22. The van der Waals surface area contributed by atoms with E-state index in [1.54, 1.807) is 0 Å². The van der Waals surface area contributed by atoms with Gasteiger partial charge in [-0.15, -0.1) is 5.10 Å². The zero-order chi connectivity index (χ0) is 11.7. The largest absolute Gasteiger partial charge is 0.508 e. The summed E-state index contributed by atoms with van der Waals surface area (Å²) < 4.78 is 0.864. The summed E-state index contributed by atoms with van der Waals surface area (Å²) >= 11 is 0. The summed E-state index contributed by atoms with van der Waals surface area (Å²) in [6, 6.07) is 5.77. The lowest BCUT2D eigenvalue weighted by Crippen LogP contribution is -2.15. The van der Waals surface area contributed by atoms with Crippen LogP contribution in [0.5, 0.6) is 5.75 Å². The number of benzene rings is 1. The SMILES string of the molecule is O=C(O)c1nn(-c2cccc(O)c2)c(=O)[nH]1. The highest BCUT2D eigenvalue weighted by molar-refractivity contribution is 5.82. The number of aromatic hydroxyl groups is 1. The second-order valence-corrected chi connectivity index (χ2v) is 3.02. The van der Waals surface area contributed by atoms with Crippen LogP contribution in [0.2, 0.25) is 0 Å². The van der Waals surface area contributed by atoms with Crippen LogP contribution in [-0.4, -0.2) is 30.9 Å². The number of phenols is 1. The monoisotopic (exact) mass is 221 g/mol. The first kappa shape index (κ1) is 9.97. The van der Waals surface area contributed by atoms with Gasteiger partial charge in [-0.25, -0.2) is 9.59 Å². The average Bonchev–Trinajstić information content (AvgIpc) is 2.60. The first-order chi connectivity index (χ1) is 7.58. The van der Waals surface area contributed by atoms with E-state index in [4.69, 9.17) is 5.11 Å². The van der Waals surface area contributed by atoms with Crippen LogP contribution >= 0.6 is 0 Å². The zero-order valence-electron chi connectivity index (χ0n) is 7.91. The minimum atomic E-state index is -1.32. The van der Waals surface area contributed by atoms with Gasteiger partial charge in [0.15, 0.2) is 0 Å². The van der Waals surface area contributed by atoms with Gasteiger partial charge < -0.3 is 10.2 Å². The molecule has 0 unspecified atom stereocenters. The molecule has 7 heteroatoms. The first-order valence-electron chi connectivity index (χ1n) is 4.30. The van der Waals surface area contributed by atoms with Crippen LogP contribution in [0.15, 0.2) is 29.1 Å². The van der Waals surface area contributed by atoms with Crippen LogP contribution in [0.25, 0.3) is 5.69 Å². The maximum Gasteiger partial charge on any atom is 0.373 e. The van der Waals surface area contributed by atoms with Crippen LogP contribution in [0.1, 0.15) is 10.6 Å². The van der Waals surface area contributed by atoms with Gasteiger partial charge in [0.2, 0.25) is 5.82 Å². The Hall–Kier alpha value is -2.57. The number of hydrogen-bond donors (Lipinski definition) is 3. The number of aromatic nitrogens is 3. The van der Waals surface area contributed by atoms with E-state index < -0.39 is 17.5 Å². The fourth-order valence-corrected chi connectivity index (χ4v) is 1.22. The molecule has 82 valence electrons. The van der Waals surface area contributed by atoms with Crippen molar-refractivity contribution in [2.24, 2.45) is 0 Å². The van der Waals surface area contributed by atoms with Crippen LogP contribution in [0.3, 0.4) is 0 Å². The van der Waals surface area contributed by atoms with E-state index >= 15 is 0 Å². The molecule has 16 heavy (non-hydrogen) atoms. The van der Waals surface area contributed by atoms with Crippen LogP contribution in [0.4, 0.5) is 0 Å². The Bertz CT molecular complexity index is 599. The van der Waals surface area contributed by atoms with E-state index in [1.165, 1.54) is 24.3 Å². The standard InChI is InChI=1S/C9H7N3O4/c13-6-3-1-2-5(4-6)12-9(16)10-7(11-12)8(14)15/h1-4,13H,(H,14,15)(H,10,11,16). The van der Waals surface area contributed by atoms with Crippen LogP contribution < -0.4 is 5.69 Å². The molecule has 0 saturated carbocycles. The predicted molar refractivity (Wildman–Crippen MR) is 52.8 cm³/mol. The summed E-state index contributed by atoms with van der Waals surface area (Å²) in [6.07, 6.45) is 0. The highest BCUT2D eigenvalue weighted by Gasteiger charge is 2.12. The lowest BCUT2D eigenvalue weighted by Gasteiger charge is -1.98. The maximum atomic E-state index is 11.4. The quantitative estimate of drug-likeness (QED) is 0.659. The molecular weight excluding hydrogens is 214 g/mol. The van der Waals surface area contributed by atoms with E-state index in [0.29, 0.717) is 0 Å². The molecule has 2 aromatic rings. The third kappa shape index (κ3) is 1.65. The van der Waals surface area contributed by atoms with Gasteiger partial charge in [0.1, 0.15) is 5.75 Å². The van der Waals surface area contributed by atoms with Crippen molar-refractivity contribution in [3.05, 3.63) is 40.6 Å². The summed E-state index contributed by atoms with van der Waals surface area (Å²) in [5.41, 5.74) is -0.392. The summed E-state index contributed by atoms with van der Waals surface area (Å²) in [5.74, 6) is -1.81.